The summed E-state index contributed by atoms with van der Waals surface area (Å²) in [6, 6.07) is 20.6. The Morgan fingerprint density at radius 3 is 2.47 bits per heavy atom. The minimum Gasteiger partial charge on any atom is -0.372 e. The number of hydrogen-bond donors (Lipinski definition) is 4. The molecule has 1 saturated heterocycles. The molecule has 1 aliphatic rings. The number of H-pyrrole nitrogens is 1. The average molecular weight is 453 g/mol. The number of imidazole rings is 1. The normalized spacial score (nSPS) is 13.1. The molecule has 1 amide bonds. The quantitative estimate of drug-likeness (QED) is 0.129. The number of aromatic amines is 1. The van der Waals surface area contributed by atoms with Crippen LogP contribution in [-0.4, -0.2) is 35.3 Å². The van der Waals surface area contributed by atoms with Crippen LogP contribution < -0.4 is 15.2 Å². The van der Waals surface area contributed by atoms with Crippen molar-refractivity contribution in [1.29, 1.82) is 10.9 Å². The first-order valence-corrected chi connectivity index (χ1v) is 11.1. The largest absolute Gasteiger partial charge is 0.372 e. The van der Waals surface area contributed by atoms with Crippen molar-refractivity contribution in [2.75, 3.05) is 28.3 Å². The van der Waals surface area contributed by atoms with Gasteiger partial charge in [-0.3, -0.25) is 10.2 Å². The molecular formula is C25H24N8O. The molecule has 1 fully saturated rings. The summed E-state index contributed by atoms with van der Waals surface area (Å²) in [6.07, 6.45) is 3.43. The maximum absolute atomic E-state index is 12.7. The van der Waals surface area contributed by atoms with E-state index in [1.54, 1.807) is 24.3 Å². The van der Waals surface area contributed by atoms with Crippen molar-refractivity contribution in [1.82, 2.24) is 9.97 Å². The predicted molar refractivity (Wildman–Crippen MR) is 134 cm³/mol. The molecule has 3 aromatic carbocycles. The predicted octanol–water partition coefficient (Wildman–Crippen LogP) is 5.44. The Morgan fingerprint density at radius 1 is 1.06 bits per heavy atom. The minimum atomic E-state index is -0.261. The van der Waals surface area contributed by atoms with Gasteiger partial charge in [-0.2, -0.15) is 5.53 Å². The Labute approximate surface area is 196 Å². The SMILES string of the molecule is N=CN(N=N)c1ccc(C(=O)Nc2ccc3[nH]c(-c4ccc(N5CCCC5)cc4)nc3c2)cc1. The molecule has 5 rings (SSSR count). The van der Waals surface area contributed by atoms with E-state index in [2.05, 4.69) is 44.7 Å². The number of carbonyl (C=O) groups excluding carboxylic acids is 1. The number of carbonyl (C=O) groups is 1. The molecule has 4 aromatic rings. The lowest BCUT2D eigenvalue weighted by atomic mass is 10.2. The number of nitrogens with one attached hydrogen (secondary N) is 4. The fraction of sp³-hybridized carbons (Fsp3) is 0.160. The summed E-state index contributed by atoms with van der Waals surface area (Å²) in [7, 11) is 0. The molecule has 1 aliphatic heterocycles. The third-order valence-corrected chi connectivity index (χ3v) is 5.98. The molecule has 0 unspecified atom stereocenters. The standard InChI is InChI=1S/C25H24N8O/c26-16-33(31-27)21-10-5-18(6-11-21)25(34)28-19-7-12-22-23(15-19)30-24(29-22)17-3-8-20(9-4-17)32-13-1-2-14-32/h3-12,15-16,26-27H,1-2,13-14H2,(H,28,34)(H,29,30). The number of aromatic nitrogens is 2. The lowest BCUT2D eigenvalue weighted by Gasteiger charge is -2.17. The second-order valence-electron chi connectivity index (χ2n) is 8.13. The van der Waals surface area contributed by atoms with E-state index in [0.717, 1.165) is 46.9 Å². The second-order valence-corrected chi connectivity index (χ2v) is 8.13. The van der Waals surface area contributed by atoms with Crippen molar-refractivity contribution in [3.63, 3.8) is 0 Å². The fourth-order valence-corrected chi connectivity index (χ4v) is 4.16. The van der Waals surface area contributed by atoms with E-state index in [1.807, 2.05) is 18.2 Å². The smallest absolute Gasteiger partial charge is 0.255 e. The van der Waals surface area contributed by atoms with Gasteiger partial charge in [-0.05, 0) is 79.6 Å². The molecule has 2 heterocycles. The van der Waals surface area contributed by atoms with E-state index in [0.29, 0.717) is 16.9 Å². The van der Waals surface area contributed by atoms with Crippen LogP contribution in [0.25, 0.3) is 22.4 Å². The Balaban J connectivity index is 1.31. The van der Waals surface area contributed by atoms with Gasteiger partial charge in [-0.25, -0.2) is 9.99 Å². The first-order valence-electron chi connectivity index (χ1n) is 11.1. The zero-order chi connectivity index (χ0) is 23.5. The van der Waals surface area contributed by atoms with Crippen molar-refractivity contribution in [2.45, 2.75) is 12.8 Å². The van der Waals surface area contributed by atoms with Crippen molar-refractivity contribution in [3.8, 4) is 11.4 Å². The highest BCUT2D eigenvalue weighted by atomic mass is 16.1. The average Bonchev–Trinajstić information content (AvgIpc) is 3.55. The van der Waals surface area contributed by atoms with Gasteiger partial charge in [0.15, 0.2) is 0 Å². The van der Waals surface area contributed by atoms with Crippen LogP contribution in [-0.2, 0) is 0 Å². The van der Waals surface area contributed by atoms with Gasteiger partial charge >= 0.3 is 0 Å². The zero-order valence-electron chi connectivity index (χ0n) is 18.5. The van der Waals surface area contributed by atoms with E-state index < -0.39 is 0 Å². The number of anilines is 3. The van der Waals surface area contributed by atoms with Gasteiger partial charge in [0.1, 0.15) is 12.2 Å². The summed E-state index contributed by atoms with van der Waals surface area (Å²) in [5, 5.41) is 14.5. The fourth-order valence-electron chi connectivity index (χ4n) is 4.16. The van der Waals surface area contributed by atoms with Gasteiger partial charge in [-0.15, -0.1) is 0 Å². The van der Waals surface area contributed by atoms with Crippen molar-refractivity contribution in [3.05, 3.63) is 72.3 Å². The maximum Gasteiger partial charge on any atom is 0.255 e. The van der Waals surface area contributed by atoms with E-state index in [4.69, 9.17) is 15.9 Å². The Kier molecular flexibility index (Phi) is 5.73. The van der Waals surface area contributed by atoms with Crippen LogP contribution in [0.15, 0.2) is 72.0 Å². The van der Waals surface area contributed by atoms with Gasteiger partial charge in [0, 0.05) is 35.6 Å². The molecule has 4 N–H and O–H groups in total. The van der Waals surface area contributed by atoms with Gasteiger partial charge in [0.2, 0.25) is 0 Å². The van der Waals surface area contributed by atoms with Crippen molar-refractivity contribution >= 4 is 40.3 Å². The highest BCUT2D eigenvalue weighted by molar-refractivity contribution is 6.05. The molecule has 9 heteroatoms. The molecule has 0 saturated carbocycles. The van der Waals surface area contributed by atoms with E-state index in [1.165, 1.54) is 18.5 Å². The number of amides is 1. The molecular weight excluding hydrogens is 428 g/mol. The Morgan fingerprint density at radius 2 is 1.79 bits per heavy atom. The molecule has 0 bridgehead atoms. The highest BCUT2D eigenvalue weighted by Crippen LogP contribution is 2.27. The number of fused-ring (bicyclic) bond motifs is 1. The van der Waals surface area contributed by atoms with Gasteiger partial charge in [0.05, 0.1) is 16.7 Å². The molecule has 0 spiro atoms. The van der Waals surface area contributed by atoms with Crippen LogP contribution in [0.1, 0.15) is 23.2 Å². The number of rotatable bonds is 7. The second kappa shape index (κ2) is 9.14. The van der Waals surface area contributed by atoms with Crippen LogP contribution in [0, 0.1) is 10.9 Å². The van der Waals surface area contributed by atoms with E-state index >= 15 is 0 Å². The van der Waals surface area contributed by atoms with Crippen LogP contribution >= 0.6 is 0 Å². The molecule has 1 aromatic heterocycles. The van der Waals surface area contributed by atoms with Crippen LogP contribution in [0.4, 0.5) is 17.1 Å². The Hall–Kier alpha value is -4.53. The highest BCUT2D eigenvalue weighted by Gasteiger charge is 2.13. The summed E-state index contributed by atoms with van der Waals surface area (Å²) >= 11 is 0. The minimum absolute atomic E-state index is 0.261. The first kappa shape index (κ1) is 21.3. The monoisotopic (exact) mass is 452 g/mol. The number of hydrogen-bond acceptors (Lipinski definition) is 6. The molecule has 34 heavy (non-hydrogen) atoms. The van der Waals surface area contributed by atoms with Crippen LogP contribution in [0.2, 0.25) is 0 Å². The number of benzene rings is 3. The topological polar surface area (TPSA) is 124 Å². The summed E-state index contributed by atoms with van der Waals surface area (Å²) in [5.74, 6) is 0.529. The lowest BCUT2D eigenvalue weighted by molar-refractivity contribution is 0.102. The lowest BCUT2D eigenvalue weighted by Crippen LogP contribution is -2.17. The van der Waals surface area contributed by atoms with E-state index in [-0.39, 0.29) is 5.91 Å². The molecule has 0 atom stereocenters. The van der Waals surface area contributed by atoms with E-state index in [9.17, 15) is 4.79 Å². The van der Waals surface area contributed by atoms with Gasteiger partial charge in [0.25, 0.3) is 5.91 Å². The number of nitrogens with zero attached hydrogens (tertiary/aromatic N) is 4. The molecule has 0 aliphatic carbocycles. The molecule has 9 nitrogen and oxygen atoms in total. The van der Waals surface area contributed by atoms with Crippen molar-refractivity contribution in [2.24, 2.45) is 5.22 Å². The van der Waals surface area contributed by atoms with Crippen LogP contribution in [0.5, 0.6) is 0 Å². The van der Waals surface area contributed by atoms with Crippen molar-refractivity contribution < 1.29 is 4.79 Å². The van der Waals surface area contributed by atoms with Gasteiger partial charge in [-0.1, -0.05) is 5.22 Å². The Bertz CT molecular complexity index is 1330. The molecule has 170 valence electrons. The first-order chi connectivity index (χ1) is 16.6. The summed E-state index contributed by atoms with van der Waals surface area (Å²) in [4.78, 5) is 23.2. The zero-order valence-corrected chi connectivity index (χ0v) is 18.5. The third kappa shape index (κ3) is 4.23. The third-order valence-electron chi connectivity index (χ3n) is 5.98. The summed E-state index contributed by atoms with van der Waals surface area (Å²) in [5.41, 5.74) is 12.6. The van der Waals surface area contributed by atoms with Crippen LogP contribution in [0.3, 0.4) is 0 Å². The summed E-state index contributed by atoms with van der Waals surface area (Å²) < 4.78 is 0. The molecule has 0 radical (unpaired) electrons. The maximum atomic E-state index is 12.7. The summed E-state index contributed by atoms with van der Waals surface area (Å²) in [6.45, 7) is 2.23. The van der Waals surface area contributed by atoms with Gasteiger partial charge < -0.3 is 15.2 Å².